The van der Waals surface area contributed by atoms with Crippen LogP contribution in [0.25, 0.3) is 0 Å². The average molecular weight is 410 g/mol. The number of hydrogen-bond acceptors (Lipinski definition) is 6. The Hall–Kier alpha value is -1.84. The highest BCUT2D eigenvalue weighted by molar-refractivity contribution is 7.89. The van der Waals surface area contributed by atoms with Crippen molar-refractivity contribution < 1.29 is 22.7 Å². The van der Waals surface area contributed by atoms with E-state index in [-0.39, 0.29) is 28.8 Å². The van der Waals surface area contributed by atoms with Crippen LogP contribution in [0, 0.1) is 11.8 Å². The molecule has 1 atom stereocenters. The second-order valence-corrected chi connectivity index (χ2v) is 9.34. The zero-order chi connectivity index (χ0) is 19.7. The van der Waals surface area contributed by atoms with E-state index in [1.54, 1.807) is 25.3 Å². The van der Waals surface area contributed by atoms with Gasteiger partial charge in [-0.1, -0.05) is 0 Å². The van der Waals surface area contributed by atoms with E-state index < -0.39 is 10.0 Å². The molecule has 1 unspecified atom stereocenters. The molecule has 154 valence electrons. The van der Waals surface area contributed by atoms with Gasteiger partial charge in [0, 0.05) is 38.3 Å². The van der Waals surface area contributed by atoms with Gasteiger partial charge in [-0.25, -0.2) is 8.42 Å². The third-order valence-corrected chi connectivity index (χ3v) is 7.46. The quantitative estimate of drug-likeness (QED) is 0.783. The van der Waals surface area contributed by atoms with Crippen LogP contribution in [-0.4, -0.2) is 58.8 Å². The lowest BCUT2D eigenvalue weighted by Crippen LogP contribution is -2.53. The van der Waals surface area contributed by atoms with Gasteiger partial charge in [0.15, 0.2) is 0 Å². The number of carbonyl (C=O) groups excluding carboxylic acids is 1. The second-order valence-electron chi connectivity index (χ2n) is 7.65. The summed E-state index contributed by atoms with van der Waals surface area (Å²) in [6, 6.07) is 4.90. The molecular formula is C19H27N3O5S. The minimum Gasteiger partial charge on any atom is -0.497 e. The van der Waals surface area contributed by atoms with Crippen molar-refractivity contribution in [2.45, 2.75) is 36.7 Å². The highest BCUT2D eigenvalue weighted by Gasteiger charge is 2.37. The molecule has 3 aliphatic heterocycles. The van der Waals surface area contributed by atoms with E-state index in [9.17, 15) is 13.2 Å². The predicted molar refractivity (Wildman–Crippen MR) is 104 cm³/mol. The number of piperidine rings is 1. The van der Waals surface area contributed by atoms with E-state index in [0.717, 1.165) is 25.7 Å². The number of rotatable bonds is 3. The van der Waals surface area contributed by atoms with Crippen molar-refractivity contribution in [2.24, 2.45) is 11.8 Å². The molecule has 28 heavy (non-hydrogen) atoms. The molecule has 3 aliphatic rings. The Morgan fingerprint density at radius 3 is 2.57 bits per heavy atom. The largest absolute Gasteiger partial charge is 0.497 e. The highest BCUT2D eigenvalue weighted by atomic mass is 32.2. The van der Waals surface area contributed by atoms with Gasteiger partial charge in [-0.05, 0) is 43.7 Å². The number of hydrogen-bond donors (Lipinski definition) is 2. The first-order chi connectivity index (χ1) is 13.5. The minimum atomic E-state index is -3.58. The van der Waals surface area contributed by atoms with Crippen molar-refractivity contribution in [3.8, 4) is 5.75 Å². The number of methoxy groups -OCH3 is 1. The first-order valence-electron chi connectivity index (χ1n) is 9.81. The summed E-state index contributed by atoms with van der Waals surface area (Å²) in [5, 5.41) is 3.31. The van der Waals surface area contributed by atoms with Crippen molar-refractivity contribution in [3.63, 3.8) is 0 Å². The normalized spacial score (nSPS) is 25.6. The second kappa shape index (κ2) is 7.88. The van der Waals surface area contributed by atoms with Crippen LogP contribution in [-0.2, 0) is 19.6 Å². The third kappa shape index (κ3) is 3.83. The summed E-state index contributed by atoms with van der Waals surface area (Å²) in [4.78, 5) is 14.9. The summed E-state index contributed by atoms with van der Waals surface area (Å²) < 4.78 is 38.6. The van der Waals surface area contributed by atoms with Crippen LogP contribution >= 0.6 is 0 Å². The molecule has 4 rings (SSSR count). The van der Waals surface area contributed by atoms with E-state index in [2.05, 4.69) is 10.0 Å². The molecule has 2 saturated heterocycles. The van der Waals surface area contributed by atoms with Gasteiger partial charge in [0.2, 0.25) is 15.9 Å². The summed E-state index contributed by atoms with van der Waals surface area (Å²) in [7, 11) is -2.02. The molecule has 0 saturated carbocycles. The van der Waals surface area contributed by atoms with Crippen LogP contribution in [0.2, 0.25) is 0 Å². The molecular weight excluding hydrogens is 382 g/mol. The van der Waals surface area contributed by atoms with Gasteiger partial charge in [0.25, 0.3) is 0 Å². The van der Waals surface area contributed by atoms with Gasteiger partial charge in [-0.3, -0.25) is 4.79 Å². The first kappa shape index (κ1) is 19.5. The number of fused-ring (bicyclic) bond motifs is 1. The van der Waals surface area contributed by atoms with Gasteiger partial charge in [-0.2, -0.15) is 4.72 Å². The standard InChI is InChI=1S/C19H27N3O5S/c1-26-15-2-3-17-16(12-15)20-18(21-28(17,24)25)13-4-8-22(9-5-13)19(23)14-6-10-27-11-7-14/h2-3,12-14,18,20-21H,4-11H2,1H3. The van der Waals surface area contributed by atoms with Crippen molar-refractivity contribution in [1.29, 1.82) is 0 Å². The molecule has 0 aliphatic carbocycles. The van der Waals surface area contributed by atoms with E-state index in [0.29, 0.717) is 37.7 Å². The molecule has 0 aromatic heterocycles. The smallest absolute Gasteiger partial charge is 0.244 e. The molecule has 8 nitrogen and oxygen atoms in total. The fraction of sp³-hybridized carbons (Fsp3) is 0.632. The maximum atomic E-state index is 12.7. The maximum absolute atomic E-state index is 12.7. The fourth-order valence-electron chi connectivity index (χ4n) is 4.28. The molecule has 2 fully saturated rings. The number of amides is 1. The highest BCUT2D eigenvalue weighted by Crippen LogP contribution is 2.33. The van der Waals surface area contributed by atoms with Gasteiger partial charge >= 0.3 is 0 Å². The number of likely N-dealkylation sites (tertiary alicyclic amines) is 1. The summed E-state index contributed by atoms with van der Waals surface area (Å²) in [6.45, 7) is 2.63. The van der Waals surface area contributed by atoms with E-state index in [1.807, 2.05) is 4.90 Å². The van der Waals surface area contributed by atoms with Crippen molar-refractivity contribution in [3.05, 3.63) is 18.2 Å². The SMILES string of the molecule is COc1ccc2c(c1)NC(C1CCN(C(=O)C3CCOCC3)CC1)NS2(=O)=O. The van der Waals surface area contributed by atoms with Crippen molar-refractivity contribution in [2.75, 3.05) is 38.7 Å². The predicted octanol–water partition coefficient (Wildman–Crippen LogP) is 1.39. The summed E-state index contributed by atoms with van der Waals surface area (Å²) in [6.07, 6.45) is 2.72. The average Bonchev–Trinajstić information content (AvgIpc) is 2.73. The number of benzene rings is 1. The zero-order valence-electron chi connectivity index (χ0n) is 16.0. The Kier molecular flexibility index (Phi) is 5.48. The molecule has 0 radical (unpaired) electrons. The number of nitrogens with one attached hydrogen (secondary N) is 2. The lowest BCUT2D eigenvalue weighted by atomic mass is 9.91. The fourth-order valence-corrected chi connectivity index (χ4v) is 5.65. The van der Waals surface area contributed by atoms with Crippen LogP contribution in [0.3, 0.4) is 0 Å². The van der Waals surface area contributed by atoms with Crippen LogP contribution in [0.1, 0.15) is 25.7 Å². The van der Waals surface area contributed by atoms with E-state index >= 15 is 0 Å². The van der Waals surface area contributed by atoms with Crippen LogP contribution in [0.15, 0.2) is 23.1 Å². The van der Waals surface area contributed by atoms with Crippen LogP contribution < -0.4 is 14.8 Å². The zero-order valence-corrected chi connectivity index (χ0v) is 16.8. The number of anilines is 1. The lowest BCUT2D eigenvalue weighted by Gasteiger charge is -2.40. The molecule has 2 N–H and O–H groups in total. The molecule has 1 amide bonds. The Morgan fingerprint density at radius 1 is 1.18 bits per heavy atom. The maximum Gasteiger partial charge on any atom is 0.244 e. The third-order valence-electron chi connectivity index (χ3n) is 5.96. The summed E-state index contributed by atoms with van der Waals surface area (Å²) in [5.74, 6) is 1.01. The Labute approximate surface area is 165 Å². The van der Waals surface area contributed by atoms with Gasteiger partial charge in [0.1, 0.15) is 10.6 Å². The number of nitrogens with zero attached hydrogens (tertiary/aromatic N) is 1. The number of sulfonamides is 1. The van der Waals surface area contributed by atoms with Gasteiger partial charge < -0.3 is 19.7 Å². The molecule has 0 bridgehead atoms. The molecule has 1 aromatic rings. The van der Waals surface area contributed by atoms with Crippen molar-refractivity contribution >= 4 is 21.6 Å². The Morgan fingerprint density at radius 2 is 1.89 bits per heavy atom. The lowest BCUT2D eigenvalue weighted by molar-refractivity contribution is -0.140. The molecule has 9 heteroatoms. The number of carbonyl (C=O) groups is 1. The van der Waals surface area contributed by atoms with E-state index in [4.69, 9.17) is 9.47 Å². The molecule has 1 aromatic carbocycles. The number of ether oxygens (including phenoxy) is 2. The minimum absolute atomic E-state index is 0.0657. The molecule has 0 spiro atoms. The monoisotopic (exact) mass is 409 g/mol. The van der Waals surface area contributed by atoms with Gasteiger partial charge in [0.05, 0.1) is 19.0 Å². The van der Waals surface area contributed by atoms with Crippen LogP contribution in [0.5, 0.6) is 5.75 Å². The van der Waals surface area contributed by atoms with Crippen molar-refractivity contribution in [1.82, 2.24) is 9.62 Å². The Balaban J connectivity index is 1.41. The van der Waals surface area contributed by atoms with E-state index in [1.165, 1.54) is 0 Å². The molecule has 3 heterocycles. The summed E-state index contributed by atoms with van der Waals surface area (Å²) in [5.41, 5.74) is 0.559. The van der Waals surface area contributed by atoms with Crippen LogP contribution in [0.4, 0.5) is 5.69 Å². The Bertz CT molecular complexity index is 830. The summed E-state index contributed by atoms with van der Waals surface area (Å²) >= 11 is 0. The van der Waals surface area contributed by atoms with Gasteiger partial charge in [-0.15, -0.1) is 0 Å². The first-order valence-corrected chi connectivity index (χ1v) is 11.3. The topological polar surface area (TPSA) is 97.0 Å².